The molecule has 2 aliphatic rings. The number of hydrogen-bond acceptors (Lipinski definition) is 8. The van der Waals surface area contributed by atoms with Gasteiger partial charge in [0, 0.05) is 86.1 Å². The van der Waals surface area contributed by atoms with E-state index in [0.29, 0.717) is 71.9 Å². The van der Waals surface area contributed by atoms with Gasteiger partial charge in [-0.15, -0.1) is 0 Å². The van der Waals surface area contributed by atoms with Crippen molar-refractivity contribution >= 4 is 34.0 Å². The number of nitrogens with one attached hydrogen (secondary N) is 2. The van der Waals surface area contributed by atoms with Crippen LogP contribution in [-0.2, 0) is 25.7 Å². The van der Waals surface area contributed by atoms with Gasteiger partial charge in [-0.2, -0.15) is 5.10 Å². The third-order valence-corrected chi connectivity index (χ3v) is 9.61. The van der Waals surface area contributed by atoms with Crippen LogP contribution in [0, 0.1) is 11.6 Å². The van der Waals surface area contributed by atoms with Gasteiger partial charge in [0.25, 0.3) is 5.91 Å². The van der Waals surface area contributed by atoms with Gasteiger partial charge < -0.3 is 19.7 Å². The highest BCUT2D eigenvalue weighted by Gasteiger charge is 2.45. The Morgan fingerprint density at radius 3 is 2.55 bits per heavy atom. The maximum absolute atomic E-state index is 15.1. The molecule has 0 radical (unpaired) electrons. The van der Waals surface area contributed by atoms with Gasteiger partial charge in [-0.25, -0.2) is 18.7 Å². The molecule has 2 aliphatic heterocycles. The molecule has 51 heavy (non-hydrogen) atoms. The van der Waals surface area contributed by atoms with E-state index in [-0.39, 0.29) is 43.1 Å². The number of carbonyl (C=O) groups excluding carboxylic acids is 2. The molecule has 2 amide bonds. The Balaban J connectivity index is 0.977. The summed E-state index contributed by atoms with van der Waals surface area (Å²) in [5.41, 5.74) is 3.86. The van der Waals surface area contributed by atoms with Crippen LogP contribution >= 0.6 is 0 Å². The molecule has 11 nitrogen and oxygen atoms in total. The molecule has 0 bridgehead atoms. The van der Waals surface area contributed by atoms with Gasteiger partial charge in [-0.05, 0) is 66.9 Å². The average Bonchev–Trinajstić information content (AvgIpc) is 3.78. The summed E-state index contributed by atoms with van der Waals surface area (Å²) < 4.78 is 40.3. The molecule has 0 unspecified atom stereocenters. The summed E-state index contributed by atoms with van der Waals surface area (Å²) >= 11 is 0. The number of methoxy groups -OCH3 is 2. The molecular weight excluding hydrogens is 656 g/mol. The number of aromatic amines is 1. The number of nitrogens with zero attached hydrogens (tertiary/aromatic N) is 5. The smallest absolute Gasteiger partial charge is 0.258 e. The van der Waals surface area contributed by atoms with E-state index >= 15 is 4.39 Å². The van der Waals surface area contributed by atoms with Gasteiger partial charge >= 0.3 is 0 Å². The summed E-state index contributed by atoms with van der Waals surface area (Å²) in [6, 6.07) is 16.9. The topological polar surface area (TPSA) is 126 Å². The Labute approximate surface area is 293 Å². The molecule has 1 atom stereocenters. The van der Waals surface area contributed by atoms with Crippen LogP contribution in [0.4, 0.5) is 14.5 Å². The highest BCUT2D eigenvalue weighted by molar-refractivity contribution is 6.01. The van der Waals surface area contributed by atoms with Crippen molar-refractivity contribution in [2.45, 2.75) is 25.0 Å². The number of hydrogen-bond donors (Lipinski definition) is 2. The van der Waals surface area contributed by atoms with Crippen LogP contribution in [-0.4, -0.2) is 94.3 Å². The standard InChI is InChI=1S/C38H37F2N7O4/c1-50-22-27-18-25(5-8-31(27)39)35-30-20-28(6-9-33(30)44-45-35)43-37(49)38(51-2)12-17-46(23-38)21-34(48)47-15-10-24(11-16-47)29-7-4-26(19-32(29)40)36-41-13-3-14-42-36/h3-10,13-14,18-20H,11-12,15-17,21-23H2,1-2H3,(H,43,49)(H,44,45)/t38-/m0/s1. The predicted octanol–water partition coefficient (Wildman–Crippen LogP) is 5.46. The lowest BCUT2D eigenvalue weighted by Gasteiger charge is -2.30. The number of benzene rings is 3. The largest absolute Gasteiger partial charge is 0.380 e. The van der Waals surface area contributed by atoms with E-state index in [0.717, 1.165) is 16.5 Å². The molecule has 0 aliphatic carbocycles. The van der Waals surface area contributed by atoms with Crippen molar-refractivity contribution in [1.82, 2.24) is 30.0 Å². The quantitative estimate of drug-likeness (QED) is 0.198. The van der Waals surface area contributed by atoms with Crippen LogP contribution in [0.25, 0.3) is 39.1 Å². The minimum absolute atomic E-state index is 0.0675. The summed E-state index contributed by atoms with van der Waals surface area (Å²) in [5.74, 6) is -0.638. The maximum Gasteiger partial charge on any atom is 0.258 e. The van der Waals surface area contributed by atoms with Crippen LogP contribution in [0.15, 0.2) is 79.1 Å². The van der Waals surface area contributed by atoms with Crippen molar-refractivity contribution in [3.05, 3.63) is 102 Å². The molecule has 13 heteroatoms. The minimum atomic E-state index is -1.15. The van der Waals surface area contributed by atoms with Gasteiger partial charge in [0.1, 0.15) is 11.6 Å². The van der Waals surface area contributed by atoms with Gasteiger partial charge in [0.15, 0.2) is 11.4 Å². The summed E-state index contributed by atoms with van der Waals surface area (Å²) in [4.78, 5) is 39.1. The highest BCUT2D eigenvalue weighted by atomic mass is 19.1. The van der Waals surface area contributed by atoms with Crippen LogP contribution in [0.1, 0.15) is 24.0 Å². The first kappa shape index (κ1) is 34.1. The third kappa shape index (κ3) is 7.00. The van der Waals surface area contributed by atoms with Crippen molar-refractivity contribution in [2.24, 2.45) is 0 Å². The summed E-state index contributed by atoms with van der Waals surface area (Å²) in [7, 11) is 3.01. The van der Waals surface area contributed by atoms with Gasteiger partial charge in [0.2, 0.25) is 5.91 Å². The Bertz CT molecular complexity index is 2120. The Morgan fingerprint density at radius 2 is 1.80 bits per heavy atom. The number of ether oxygens (including phenoxy) is 2. The van der Waals surface area contributed by atoms with Gasteiger partial charge in [-0.1, -0.05) is 18.2 Å². The summed E-state index contributed by atoms with van der Waals surface area (Å²) in [6.45, 7) is 1.84. The first-order valence-electron chi connectivity index (χ1n) is 16.7. The molecule has 5 aromatic rings. The zero-order valence-corrected chi connectivity index (χ0v) is 28.3. The molecule has 4 heterocycles. The van der Waals surface area contributed by atoms with Crippen LogP contribution in [0.3, 0.4) is 0 Å². The highest BCUT2D eigenvalue weighted by Crippen LogP contribution is 2.32. The maximum atomic E-state index is 15.1. The average molecular weight is 694 g/mol. The molecule has 3 aromatic carbocycles. The Hall–Kier alpha value is -5.37. The second-order valence-corrected chi connectivity index (χ2v) is 12.8. The van der Waals surface area contributed by atoms with Crippen molar-refractivity contribution in [2.75, 3.05) is 52.3 Å². The van der Waals surface area contributed by atoms with Crippen LogP contribution in [0.2, 0.25) is 0 Å². The Morgan fingerprint density at radius 1 is 0.980 bits per heavy atom. The number of amides is 2. The van der Waals surface area contributed by atoms with E-state index in [1.54, 1.807) is 53.7 Å². The minimum Gasteiger partial charge on any atom is -0.380 e. The molecule has 2 aromatic heterocycles. The van der Waals surface area contributed by atoms with E-state index in [1.165, 1.54) is 26.4 Å². The SMILES string of the molecule is COCc1cc(-c2n[nH]c3ccc(NC(=O)[C@]4(OC)CCN(CC(=O)N5CC=C(c6ccc(-c7ncccn7)cc6F)CC5)C4)cc23)ccc1F. The van der Waals surface area contributed by atoms with Crippen LogP contribution < -0.4 is 5.32 Å². The lowest BCUT2D eigenvalue weighted by molar-refractivity contribution is -0.138. The number of rotatable bonds is 10. The fraction of sp³-hybridized carbons (Fsp3) is 0.289. The Kier molecular flexibility index (Phi) is 9.67. The molecule has 2 N–H and O–H groups in total. The molecule has 1 fully saturated rings. The molecule has 7 rings (SSSR count). The molecule has 1 saturated heterocycles. The fourth-order valence-electron chi connectivity index (χ4n) is 6.78. The normalized spacial score (nSPS) is 17.9. The summed E-state index contributed by atoms with van der Waals surface area (Å²) in [6.07, 6.45) is 6.06. The zero-order chi connectivity index (χ0) is 35.5. The number of anilines is 1. The zero-order valence-electron chi connectivity index (χ0n) is 28.3. The fourth-order valence-corrected chi connectivity index (χ4v) is 6.78. The van der Waals surface area contributed by atoms with Crippen molar-refractivity contribution < 1.29 is 27.8 Å². The van der Waals surface area contributed by atoms with E-state index in [2.05, 4.69) is 25.5 Å². The van der Waals surface area contributed by atoms with E-state index in [9.17, 15) is 14.0 Å². The van der Waals surface area contributed by atoms with Crippen molar-refractivity contribution in [3.63, 3.8) is 0 Å². The first-order valence-corrected chi connectivity index (χ1v) is 16.7. The van der Waals surface area contributed by atoms with Crippen LogP contribution in [0.5, 0.6) is 0 Å². The predicted molar refractivity (Wildman–Crippen MR) is 188 cm³/mol. The number of fused-ring (bicyclic) bond motifs is 1. The number of halogens is 2. The summed E-state index contributed by atoms with van der Waals surface area (Å²) in [5, 5.41) is 11.2. The van der Waals surface area contributed by atoms with E-state index in [4.69, 9.17) is 9.47 Å². The number of carbonyl (C=O) groups is 2. The first-order chi connectivity index (χ1) is 24.8. The van der Waals surface area contributed by atoms with E-state index < -0.39 is 5.60 Å². The van der Waals surface area contributed by atoms with E-state index in [1.807, 2.05) is 23.1 Å². The van der Waals surface area contributed by atoms with Crippen molar-refractivity contribution in [1.29, 1.82) is 0 Å². The van der Waals surface area contributed by atoms with Gasteiger partial charge in [0.05, 0.1) is 24.4 Å². The second kappa shape index (κ2) is 14.5. The molecular formula is C38H37F2N7O4. The van der Waals surface area contributed by atoms with Gasteiger partial charge in [-0.3, -0.25) is 19.6 Å². The molecule has 0 spiro atoms. The molecule has 0 saturated carbocycles. The van der Waals surface area contributed by atoms with Crippen molar-refractivity contribution in [3.8, 4) is 22.6 Å². The number of aromatic nitrogens is 4. The molecule has 262 valence electrons. The lowest BCUT2D eigenvalue weighted by atomic mass is 9.97. The third-order valence-electron chi connectivity index (χ3n) is 9.61. The lowest BCUT2D eigenvalue weighted by Crippen LogP contribution is -2.48. The second-order valence-electron chi connectivity index (χ2n) is 12.8. The number of H-pyrrole nitrogens is 1. The number of likely N-dealkylation sites (tertiary alicyclic amines) is 1. The monoisotopic (exact) mass is 693 g/mol.